The molecular weight excluding hydrogens is 444 g/mol. The summed E-state index contributed by atoms with van der Waals surface area (Å²) < 4.78 is 10.9. The van der Waals surface area contributed by atoms with E-state index in [1.54, 1.807) is 6.20 Å². The van der Waals surface area contributed by atoms with Crippen LogP contribution in [0.1, 0.15) is 32.4 Å². The van der Waals surface area contributed by atoms with Gasteiger partial charge in [-0.05, 0) is 84.0 Å². The van der Waals surface area contributed by atoms with E-state index < -0.39 is 11.4 Å². The minimum atomic E-state index is -0.867. The van der Waals surface area contributed by atoms with Crippen LogP contribution < -0.4 is 14.8 Å². The molecule has 3 N–H and O–H groups in total. The van der Waals surface area contributed by atoms with Gasteiger partial charge in [0, 0.05) is 25.6 Å². The molecule has 180 valence electrons. The van der Waals surface area contributed by atoms with Gasteiger partial charge in [0.25, 0.3) is 0 Å². The van der Waals surface area contributed by atoms with Crippen molar-refractivity contribution in [1.29, 1.82) is 0 Å². The Morgan fingerprint density at radius 3 is 2.69 bits per heavy atom. The Labute approximate surface area is 204 Å². The maximum absolute atomic E-state index is 13.4. The van der Waals surface area contributed by atoms with Gasteiger partial charge in [-0.2, -0.15) is 0 Å². The maximum Gasteiger partial charge on any atom is 0.307 e. The van der Waals surface area contributed by atoms with Crippen LogP contribution in [-0.2, 0) is 21.4 Å². The molecule has 0 saturated heterocycles. The lowest BCUT2D eigenvalue weighted by Gasteiger charge is -2.17. The Bertz CT molecular complexity index is 1510. The van der Waals surface area contributed by atoms with Gasteiger partial charge < -0.3 is 24.9 Å². The van der Waals surface area contributed by atoms with Gasteiger partial charge in [0.05, 0.1) is 11.8 Å². The van der Waals surface area contributed by atoms with Crippen LogP contribution in [0.4, 0.5) is 5.69 Å². The summed E-state index contributed by atoms with van der Waals surface area (Å²) in [7, 11) is 0. The molecule has 0 atom stereocenters. The standard InChI is InChI=1S/C28H24N2O5.2H2/c1-16-2-5-20(13-21(16)17-3-6-23-22(10-17)18(14-29-23)11-26(31)32)30-27(33)28(8-9-28)19-4-7-24-25(12-19)35-15-34-24;;/h2-7,10,12-14,29H,8-9,11,15H2,1H3,(H,30,33)(H,31,32);2*1H. The first-order chi connectivity index (χ1) is 16.9. The number of aromatic nitrogens is 1. The summed E-state index contributed by atoms with van der Waals surface area (Å²) in [5, 5.41) is 13.2. The molecule has 4 aromatic rings. The van der Waals surface area contributed by atoms with Crippen molar-refractivity contribution < 1.29 is 27.0 Å². The summed E-state index contributed by atoms with van der Waals surface area (Å²) in [6.45, 7) is 2.23. The van der Waals surface area contributed by atoms with Crippen molar-refractivity contribution in [3.63, 3.8) is 0 Å². The fourth-order valence-corrected chi connectivity index (χ4v) is 4.88. The largest absolute Gasteiger partial charge is 0.481 e. The number of hydrogen-bond donors (Lipinski definition) is 3. The van der Waals surface area contributed by atoms with E-state index in [1.165, 1.54) is 0 Å². The van der Waals surface area contributed by atoms with Crippen LogP contribution in [0.2, 0.25) is 0 Å². The topological polar surface area (TPSA) is 101 Å². The van der Waals surface area contributed by atoms with Crippen LogP contribution in [0.3, 0.4) is 0 Å². The van der Waals surface area contributed by atoms with Gasteiger partial charge in [0.2, 0.25) is 12.7 Å². The van der Waals surface area contributed by atoms with Crippen molar-refractivity contribution in [2.75, 3.05) is 12.1 Å². The van der Waals surface area contributed by atoms with E-state index in [0.29, 0.717) is 11.5 Å². The highest BCUT2D eigenvalue weighted by Gasteiger charge is 2.51. The van der Waals surface area contributed by atoms with Gasteiger partial charge in [-0.15, -0.1) is 0 Å². The summed E-state index contributed by atoms with van der Waals surface area (Å²) in [5.41, 5.74) is 5.77. The summed E-state index contributed by atoms with van der Waals surface area (Å²) >= 11 is 0. The highest BCUT2D eigenvalue weighted by Crippen LogP contribution is 2.51. The number of carboxylic acid groups (broad SMARTS) is 1. The Kier molecular flexibility index (Phi) is 4.81. The molecule has 0 spiro atoms. The minimum absolute atomic E-state index is 0. The van der Waals surface area contributed by atoms with E-state index in [4.69, 9.17) is 9.47 Å². The highest BCUT2D eigenvalue weighted by atomic mass is 16.7. The molecule has 2 aliphatic rings. The zero-order chi connectivity index (χ0) is 24.2. The third-order valence-corrected chi connectivity index (χ3v) is 7.03. The molecule has 1 aromatic heterocycles. The monoisotopic (exact) mass is 472 g/mol. The Hall–Kier alpha value is -4.26. The van der Waals surface area contributed by atoms with Gasteiger partial charge in [0.15, 0.2) is 11.5 Å². The summed E-state index contributed by atoms with van der Waals surface area (Å²) in [6.07, 6.45) is 3.28. The summed E-state index contributed by atoms with van der Waals surface area (Å²) in [4.78, 5) is 27.8. The SMILES string of the molecule is Cc1ccc(NC(=O)C2(c3ccc4c(c3)OCO4)CC2)cc1-c1ccc2[nH]cc(CC(=O)O)c2c1.[HH].[HH]. The number of carbonyl (C=O) groups excluding carboxylic acids is 1. The van der Waals surface area contributed by atoms with E-state index in [9.17, 15) is 14.7 Å². The van der Waals surface area contributed by atoms with E-state index in [0.717, 1.165) is 57.2 Å². The first-order valence-electron chi connectivity index (χ1n) is 11.6. The number of rotatable bonds is 6. The third-order valence-electron chi connectivity index (χ3n) is 7.03. The molecule has 35 heavy (non-hydrogen) atoms. The van der Waals surface area contributed by atoms with Crippen LogP contribution in [0.25, 0.3) is 22.0 Å². The molecule has 2 heterocycles. The zero-order valence-corrected chi connectivity index (χ0v) is 19.2. The molecule has 0 bridgehead atoms. The van der Waals surface area contributed by atoms with E-state index in [-0.39, 0.29) is 22.0 Å². The molecule has 1 fully saturated rings. The van der Waals surface area contributed by atoms with Gasteiger partial charge in [0.1, 0.15) is 0 Å². The van der Waals surface area contributed by atoms with Crippen molar-refractivity contribution >= 4 is 28.5 Å². The molecule has 6 rings (SSSR count). The van der Waals surface area contributed by atoms with Crippen molar-refractivity contribution in [2.24, 2.45) is 0 Å². The van der Waals surface area contributed by atoms with Crippen molar-refractivity contribution in [3.8, 4) is 22.6 Å². The van der Waals surface area contributed by atoms with E-state index >= 15 is 0 Å². The van der Waals surface area contributed by atoms with Gasteiger partial charge >= 0.3 is 5.97 Å². The Morgan fingerprint density at radius 2 is 1.89 bits per heavy atom. The summed E-state index contributed by atoms with van der Waals surface area (Å²) in [5.74, 6) is 0.491. The van der Waals surface area contributed by atoms with Crippen molar-refractivity contribution in [2.45, 2.75) is 31.6 Å². The molecule has 1 aliphatic carbocycles. The summed E-state index contributed by atoms with van der Waals surface area (Å²) in [6, 6.07) is 17.6. The van der Waals surface area contributed by atoms with Gasteiger partial charge in [-0.3, -0.25) is 9.59 Å². The van der Waals surface area contributed by atoms with Gasteiger partial charge in [-0.1, -0.05) is 18.2 Å². The molecule has 3 aromatic carbocycles. The predicted octanol–water partition coefficient (Wildman–Crippen LogP) is 5.66. The lowest BCUT2D eigenvalue weighted by molar-refractivity contribution is -0.136. The van der Waals surface area contributed by atoms with Crippen LogP contribution in [0, 0.1) is 6.92 Å². The first-order valence-corrected chi connectivity index (χ1v) is 11.6. The lowest BCUT2D eigenvalue weighted by Crippen LogP contribution is -2.27. The van der Waals surface area contributed by atoms with Crippen LogP contribution in [0.5, 0.6) is 11.5 Å². The van der Waals surface area contributed by atoms with Crippen molar-refractivity contribution in [3.05, 3.63) is 77.5 Å². The lowest BCUT2D eigenvalue weighted by atomic mass is 9.94. The number of carboxylic acids is 1. The van der Waals surface area contributed by atoms with Gasteiger partial charge in [-0.25, -0.2) is 0 Å². The number of aromatic amines is 1. The third kappa shape index (κ3) is 3.69. The molecule has 1 amide bonds. The normalized spacial score (nSPS) is 15.2. The molecule has 1 aliphatic heterocycles. The molecule has 1 saturated carbocycles. The molecular formula is C28H28N2O5. The smallest absolute Gasteiger partial charge is 0.307 e. The second-order valence-corrected chi connectivity index (χ2v) is 9.28. The molecule has 7 nitrogen and oxygen atoms in total. The molecule has 0 radical (unpaired) electrons. The molecule has 0 unspecified atom stereocenters. The number of H-pyrrole nitrogens is 1. The second kappa shape index (κ2) is 7.91. The number of anilines is 1. The number of ether oxygens (including phenoxy) is 2. The number of carbonyl (C=O) groups is 2. The number of amides is 1. The maximum atomic E-state index is 13.4. The number of nitrogens with one attached hydrogen (secondary N) is 2. The Balaban J connectivity index is 0.00000160. The first kappa shape index (κ1) is 21.3. The number of aliphatic carboxylic acids is 1. The van der Waals surface area contributed by atoms with Crippen LogP contribution in [0.15, 0.2) is 60.8 Å². The fraction of sp³-hybridized carbons (Fsp3) is 0.214. The number of benzene rings is 3. The van der Waals surface area contributed by atoms with Crippen LogP contribution >= 0.6 is 0 Å². The quantitative estimate of drug-likeness (QED) is 0.336. The minimum Gasteiger partial charge on any atom is -0.481 e. The number of fused-ring (bicyclic) bond motifs is 2. The average Bonchev–Trinajstić information content (AvgIpc) is 3.37. The number of aryl methyl sites for hydroxylation is 1. The average molecular weight is 473 g/mol. The fourth-order valence-electron chi connectivity index (χ4n) is 4.88. The molecule has 7 heteroatoms. The highest BCUT2D eigenvalue weighted by molar-refractivity contribution is 6.02. The van der Waals surface area contributed by atoms with Crippen LogP contribution in [-0.4, -0.2) is 28.8 Å². The predicted molar refractivity (Wildman–Crippen MR) is 136 cm³/mol. The Morgan fingerprint density at radius 1 is 1.06 bits per heavy atom. The van der Waals surface area contributed by atoms with E-state index in [1.807, 2.05) is 61.5 Å². The second-order valence-electron chi connectivity index (χ2n) is 9.28. The van der Waals surface area contributed by atoms with E-state index in [2.05, 4.69) is 10.3 Å². The van der Waals surface area contributed by atoms with Crippen molar-refractivity contribution in [1.82, 2.24) is 4.98 Å². The zero-order valence-electron chi connectivity index (χ0n) is 19.2. The number of hydrogen-bond acceptors (Lipinski definition) is 4.